The van der Waals surface area contributed by atoms with E-state index in [1.165, 1.54) is 24.0 Å². The summed E-state index contributed by atoms with van der Waals surface area (Å²) in [5.41, 5.74) is 2.38. The van der Waals surface area contributed by atoms with Crippen molar-refractivity contribution in [3.05, 3.63) is 29.3 Å². The summed E-state index contributed by atoms with van der Waals surface area (Å²) in [5.74, 6) is 3.58. The normalized spacial score (nSPS) is 44.8. The number of benzene rings is 1. The fourth-order valence-electron chi connectivity index (χ4n) is 5.87. The fourth-order valence-corrected chi connectivity index (χ4v) is 5.87. The molecule has 21 heavy (non-hydrogen) atoms. The highest BCUT2D eigenvalue weighted by atomic mass is 16.3. The second kappa shape index (κ2) is 4.49. The Kier molecular flexibility index (Phi) is 2.91. The lowest BCUT2D eigenvalue weighted by molar-refractivity contribution is -0.0347. The minimum absolute atomic E-state index is 0.400. The molecule has 0 bridgehead atoms. The van der Waals surface area contributed by atoms with Gasteiger partial charge in [-0.2, -0.15) is 0 Å². The SMILES string of the molecule is C[C@H]1C[C@H]2[C@@H](CC[C@]2(C)O)[C@@H]2CCc3cc(O)ccc3[C@H]21. The number of aliphatic hydroxyl groups is 1. The molecule has 2 nitrogen and oxygen atoms in total. The average molecular weight is 286 g/mol. The van der Waals surface area contributed by atoms with E-state index in [1.54, 1.807) is 0 Å². The molecule has 4 rings (SSSR count). The Labute approximate surface area is 127 Å². The highest BCUT2D eigenvalue weighted by Gasteiger charge is 2.54. The number of hydrogen-bond donors (Lipinski definition) is 2. The van der Waals surface area contributed by atoms with E-state index in [2.05, 4.69) is 19.9 Å². The van der Waals surface area contributed by atoms with Crippen molar-refractivity contribution in [1.29, 1.82) is 0 Å². The van der Waals surface area contributed by atoms with Crippen molar-refractivity contribution in [2.24, 2.45) is 23.7 Å². The van der Waals surface area contributed by atoms with Gasteiger partial charge < -0.3 is 10.2 Å². The lowest BCUT2D eigenvalue weighted by Gasteiger charge is -2.49. The van der Waals surface area contributed by atoms with Crippen LogP contribution in [0, 0.1) is 23.7 Å². The summed E-state index contributed by atoms with van der Waals surface area (Å²) < 4.78 is 0. The van der Waals surface area contributed by atoms with E-state index < -0.39 is 5.60 Å². The van der Waals surface area contributed by atoms with Crippen LogP contribution in [0.15, 0.2) is 18.2 Å². The summed E-state index contributed by atoms with van der Waals surface area (Å²) in [6.45, 7) is 4.42. The molecule has 1 aromatic carbocycles. The highest BCUT2D eigenvalue weighted by Crippen LogP contribution is 2.59. The molecule has 2 heteroatoms. The monoisotopic (exact) mass is 286 g/mol. The van der Waals surface area contributed by atoms with Gasteiger partial charge in [0, 0.05) is 0 Å². The molecule has 0 saturated heterocycles. The molecule has 0 heterocycles. The Morgan fingerprint density at radius 1 is 1.19 bits per heavy atom. The van der Waals surface area contributed by atoms with Gasteiger partial charge in [-0.25, -0.2) is 0 Å². The van der Waals surface area contributed by atoms with Crippen LogP contribution in [-0.4, -0.2) is 15.8 Å². The second-order valence-electron chi connectivity index (χ2n) is 7.99. The van der Waals surface area contributed by atoms with Crippen LogP contribution in [0.2, 0.25) is 0 Å². The zero-order valence-electron chi connectivity index (χ0n) is 13.0. The first-order valence-corrected chi connectivity index (χ1v) is 8.51. The second-order valence-corrected chi connectivity index (χ2v) is 7.99. The van der Waals surface area contributed by atoms with E-state index >= 15 is 0 Å². The van der Waals surface area contributed by atoms with E-state index in [0.29, 0.717) is 29.4 Å². The van der Waals surface area contributed by atoms with Crippen molar-refractivity contribution in [2.45, 2.75) is 57.5 Å². The molecule has 2 saturated carbocycles. The van der Waals surface area contributed by atoms with Gasteiger partial charge in [-0.3, -0.25) is 0 Å². The lowest BCUT2D eigenvalue weighted by Crippen LogP contribution is -2.44. The van der Waals surface area contributed by atoms with Gasteiger partial charge in [-0.1, -0.05) is 13.0 Å². The zero-order chi connectivity index (χ0) is 14.8. The first-order valence-electron chi connectivity index (χ1n) is 8.51. The van der Waals surface area contributed by atoms with Gasteiger partial charge in [0.1, 0.15) is 5.75 Å². The number of phenols is 1. The quantitative estimate of drug-likeness (QED) is 0.760. The summed E-state index contributed by atoms with van der Waals surface area (Å²) in [6, 6.07) is 5.98. The van der Waals surface area contributed by atoms with Crippen molar-refractivity contribution in [3.63, 3.8) is 0 Å². The van der Waals surface area contributed by atoms with E-state index in [0.717, 1.165) is 25.2 Å². The molecule has 0 amide bonds. The van der Waals surface area contributed by atoms with Gasteiger partial charge in [0.15, 0.2) is 0 Å². The third-order valence-corrected chi connectivity index (χ3v) is 6.78. The van der Waals surface area contributed by atoms with E-state index in [1.807, 2.05) is 12.1 Å². The highest BCUT2D eigenvalue weighted by molar-refractivity contribution is 5.40. The Morgan fingerprint density at radius 3 is 2.81 bits per heavy atom. The maximum atomic E-state index is 10.7. The number of phenolic OH excluding ortho intramolecular Hbond substituents is 1. The van der Waals surface area contributed by atoms with Gasteiger partial charge in [-0.05, 0) is 91.9 Å². The summed E-state index contributed by atoms with van der Waals surface area (Å²) in [4.78, 5) is 0. The molecular weight excluding hydrogens is 260 g/mol. The summed E-state index contributed by atoms with van der Waals surface area (Å²) in [7, 11) is 0. The maximum absolute atomic E-state index is 10.7. The number of hydrogen-bond acceptors (Lipinski definition) is 2. The van der Waals surface area contributed by atoms with Crippen LogP contribution in [0.4, 0.5) is 0 Å². The third kappa shape index (κ3) is 1.95. The molecule has 0 radical (unpaired) electrons. The smallest absolute Gasteiger partial charge is 0.115 e. The van der Waals surface area contributed by atoms with Gasteiger partial charge in [0.05, 0.1) is 5.60 Å². The summed E-state index contributed by atoms with van der Waals surface area (Å²) in [5, 5.41) is 20.4. The molecule has 3 aliphatic rings. The average Bonchev–Trinajstić information content (AvgIpc) is 2.74. The first kappa shape index (κ1) is 13.6. The van der Waals surface area contributed by atoms with Crippen LogP contribution in [0.25, 0.3) is 0 Å². The Hall–Kier alpha value is -1.02. The van der Waals surface area contributed by atoms with Crippen molar-refractivity contribution < 1.29 is 10.2 Å². The fraction of sp³-hybridized carbons (Fsp3) is 0.684. The Morgan fingerprint density at radius 2 is 2.00 bits per heavy atom. The van der Waals surface area contributed by atoms with Crippen molar-refractivity contribution in [2.75, 3.05) is 0 Å². The van der Waals surface area contributed by atoms with Crippen LogP contribution in [0.3, 0.4) is 0 Å². The lowest BCUT2D eigenvalue weighted by atomic mass is 9.56. The zero-order valence-corrected chi connectivity index (χ0v) is 13.0. The molecule has 114 valence electrons. The molecule has 1 aromatic rings. The first-order chi connectivity index (χ1) is 9.97. The number of aryl methyl sites for hydroxylation is 1. The predicted octanol–water partition coefficient (Wildman–Crippen LogP) is 3.86. The summed E-state index contributed by atoms with van der Waals surface area (Å²) >= 11 is 0. The van der Waals surface area contributed by atoms with E-state index in [-0.39, 0.29) is 0 Å². The van der Waals surface area contributed by atoms with Crippen molar-refractivity contribution >= 4 is 0 Å². The van der Waals surface area contributed by atoms with Crippen LogP contribution < -0.4 is 0 Å². The van der Waals surface area contributed by atoms with E-state index in [4.69, 9.17) is 0 Å². The standard InChI is InChI=1S/C19H26O2/c1-11-9-17-15(7-8-19(17,2)21)16-5-3-12-10-13(20)4-6-14(12)18(11)16/h4,6,10-11,15-18,20-21H,3,5,7-9H2,1-2H3/t11-,15-,16-,17-,18+,19-/m0/s1. The molecule has 2 N–H and O–H groups in total. The van der Waals surface area contributed by atoms with Crippen LogP contribution in [0.1, 0.15) is 56.6 Å². The molecular formula is C19H26O2. The number of rotatable bonds is 0. The van der Waals surface area contributed by atoms with Gasteiger partial charge in [0.2, 0.25) is 0 Å². The van der Waals surface area contributed by atoms with Gasteiger partial charge in [0.25, 0.3) is 0 Å². The third-order valence-electron chi connectivity index (χ3n) is 6.78. The van der Waals surface area contributed by atoms with Crippen molar-refractivity contribution in [3.8, 4) is 5.75 Å². The molecule has 0 spiro atoms. The molecule has 6 atom stereocenters. The largest absolute Gasteiger partial charge is 0.508 e. The van der Waals surface area contributed by atoms with Gasteiger partial charge >= 0.3 is 0 Å². The molecule has 0 unspecified atom stereocenters. The van der Waals surface area contributed by atoms with Gasteiger partial charge in [-0.15, -0.1) is 0 Å². The number of fused-ring (bicyclic) bond motifs is 5. The van der Waals surface area contributed by atoms with E-state index in [9.17, 15) is 10.2 Å². The topological polar surface area (TPSA) is 40.5 Å². The van der Waals surface area contributed by atoms with Crippen LogP contribution in [-0.2, 0) is 6.42 Å². The molecule has 3 aliphatic carbocycles. The van der Waals surface area contributed by atoms with Crippen LogP contribution >= 0.6 is 0 Å². The Balaban J connectivity index is 1.73. The Bertz CT molecular complexity index is 563. The molecule has 0 aromatic heterocycles. The maximum Gasteiger partial charge on any atom is 0.115 e. The molecule has 0 aliphatic heterocycles. The van der Waals surface area contributed by atoms with Crippen LogP contribution in [0.5, 0.6) is 5.75 Å². The summed E-state index contributed by atoms with van der Waals surface area (Å²) in [6.07, 6.45) is 5.63. The molecule has 2 fully saturated rings. The predicted molar refractivity (Wildman–Crippen MR) is 83.3 cm³/mol. The number of aromatic hydroxyl groups is 1. The van der Waals surface area contributed by atoms with Crippen molar-refractivity contribution in [1.82, 2.24) is 0 Å². The minimum atomic E-state index is -0.445. The minimum Gasteiger partial charge on any atom is -0.508 e.